The first-order chi connectivity index (χ1) is 11.3. The molecule has 3 aromatic heterocycles. The highest BCUT2D eigenvalue weighted by atomic mass is 32.1. The molecule has 0 aliphatic rings. The lowest BCUT2D eigenvalue weighted by atomic mass is 9.87. The number of carbonyl (C=O) groups excluding carboxylic acids is 1. The molecule has 2 N–H and O–H groups in total. The van der Waals surface area contributed by atoms with E-state index in [4.69, 9.17) is 5.11 Å². The number of carbonyl (C=O) groups is 2. The van der Waals surface area contributed by atoms with Crippen molar-refractivity contribution in [1.29, 1.82) is 0 Å². The number of carboxylic acid groups (broad SMARTS) is 1. The highest BCUT2D eigenvalue weighted by Gasteiger charge is 2.26. The molecule has 3 heterocycles. The Morgan fingerprint density at radius 1 is 1.33 bits per heavy atom. The number of aromatic nitrogens is 3. The number of ketones is 1. The van der Waals surface area contributed by atoms with Crippen molar-refractivity contribution < 1.29 is 19.4 Å². The van der Waals surface area contributed by atoms with E-state index in [-0.39, 0.29) is 11.5 Å². The van der Waals surface area contributed by atoms with Gasteiger partial charge in [-0.15, -0.1) is 11.3 Å². The van der Waals surface area contributed by atoms with Crippen molar-refractivity contribution in [1.82, 2.24) is 15.0 Å². The van der Waals surface area contributed by atoms with E-state index in [0.29, 0.717) is 27.3 Å². The molecule has 124 valence electrons. The van der Waals surface area contributed by atoms with Crippen LogP contribution in [0.15, 0.2) is 23.8 Å². The van der Waals surface area contributed by atoms with Crippen molar-refractivity contribution in [3.8, 4) is 16.3 Å². The Bertz CT molecular complexity index is 936. The summed E-state index contributed by atoms with van der Waals surface area (Å²) in [6, 6.07) is 1.58. The molecule has 0 fully saturated rings. The molecule has 3 rings (SSSR count). The molecule has 24 heavy (non-hydrogen) atoms. The zero-order valence-electron chi connectivity index (χ0n) is 13.3. The lowest BCUT2D eigenvalue weighted by Gasteiger charge is -2.15. The normalized spacial score (nSPS) is 11.6. The lowest BCUT2D eigenvalue weighted by molar-refractivity contribution is 0.0860. The van der Waals surface area contributed by atoms with Crippen LogP contribution in [-0.4, -0.2) is 32.0 Å². The van der Waals surface area contributed by atoms with Gasteiger partial charge in [0.2, 0.25) is 0 Å². The van der Waals surface area contributed by atoms with Gasteiger partial charge in [-0.1, -0.05) is 20.8 Å². The first kappa shape index (κ1) is 16.1. The summed E-state index contributed by atoms with van der Waals surface area (Å²) in [7, 11) is 0. The zero-order chi connectivity index (χ0) is 17.5. The van der Waals surface area contributed by atoms with Gasteiger partial charge in [-0.25, -0.2) is 14.8 Å². The fraction of sp³-hybridized carbons (Fsp3) is 0.250. The van der Waals surface area contributed by atoms with Crippen LogP contribution in [0.2, 0.25) is 0 Å². The largest absolute Gasteiger partial charge is 0.511 e. The average Bonchev–Trinajstić information content (AvgIpc) is 3.10. The maximum atomic E-state index is 12.5. The maximum Gasteiger partial charge on any atom is 0.511 e. The van der Waals surface area contributed by atoms with Crippen LogP contribution in [0.1, 0.15) is 31.1 Å². The predicted octanol–water partition coefficient (Wildman–Crippen LogP) is 3.97. The van der Waals surface area contributed by atoms with Crippen molar-refractivity contribution >= 4 is 34.4 Å². The number of nitrogens with zero attached hydrogens (tertiary/aromatic N) is 2. The first-order valence-electron chi connectivity index (χ1n) is 7.14. The Morgan fingerprint density at radius 3 is 2.75 bits per heavy atom. The highest BCUT2D eigenvalue weighted by Crippen LogP contribution is 2.32. The lowest BCUT2D eigenvalue weighted by Crippen LogP contribution is -2.20. The molecule has 0 amide bonds. The number of hydrogen-bond donors (Lipinski definition) is 2. The minimum Gasteiger partial charge on any atom is -0.449 e. The van der Waals surface area contributed by atoms with Gasteiger partial charge in [0.1, 0.15) is 11.3 Å². The Balaban J connectivity index is 2.03. The van der Waals surface area contributed by atoms with Crippen molar-refractivity contribution in [2.75, 3.05) is 0 Å². The summed E-state index contributed by atoms with van der Waals surface area (Å²) in [6.45, 7) is 5.54. The molecule has 0 saturated carbocycles. The number of aromatic amines is 1. The molecule has 0 aliphatic carbocycles. The van der Waals surface area contributed by atoms with Gasteiger partial charge in [-0.2, -0.15) is 0 Å². The number of Topliss-reactive ketones (excluding diaryl/α,β-unsaturated/α-hetero) is 1. The summed E-state index contributed by atoms with van der Waals surface area (Å²) in [5, 5.41) is 10.2. The fourth-order valence-corrected chi connectivity index (χ4v) is 2.96. The summed E-state index contributed by atoms with van der Waals surface area (Å²) in [5.41, 5.74) is 1.55. The Labute approximate surface area is 141 Å². The van der Waals surface area contributed by atoms with Gasteiger partial charge >= 0.3 is 6.16 Å². The van der Waals surface area contributed by atoms with Crippen LogP contribution in [0.3, 0.4) is 0 Å². The van der Waals surface area contributed by atoms with E-state index < -0.39 is 11.6 Å². The summed E-state index contributed by atoms with van der Waals surface area (Å²) < 4.78 is 4.61. The SMILES string of the molecule is CC(C)(C)C(=O)c1c[nH]c2ncc(-c3cc(OC(=O)O)cs3)nc12. The Kier molecular flexibility index (Phi) is 3.84. The van der Waals surface area contributed by atoms with Crippen molar-refractivity contribution in [3.63, 3.8) is 0 Å². The van der Waals surface area contributed by atoms with E-state index in [1.165, 1.54) is 11.3 Å². The Morgan fingerprint density at radius 2 is 2.08 bits per heavy atom. The topological polar surface area (TPSA) is 105 Å². The quantitative estimate of drug-likeness (QED) is 0.549. The molecule has 0 aromatic carbocycles. The Hall–Kier alpha value is -2.74. The second-order valence-electron chi connectivity index (χ2n) is 6.25. The predicted molar refractivity (Wildman–Crippen MR) is 89.6 cm³/mol. The van der Waals surface area contributed by atoms with Crippen LogP contribution < -0.4 is 4.74 Å². The van der Waals surface area contributed by atoms with Crippen LogP contribution in [0.25, 0.3) is 21.7 Å². The highest BCUT2D eigenvalue weighted by molar-refractivity contribution is 7.13. The van der Waals surface area contributed by atoms with Gasteiger partial charge in [0.25, 0.3) is 0 Å². The summed E-state index contributed by atoms with van der Waals surface area (Å²) in [6.07, 6.45) is 1.82. The van der Waals surface area contributed by atoms with Crippen molar-refractivity contribution in [3.05, 3.63) is 29.4 Å². The van der Waals surface area contributed by atoms with Crippen LogP contribution >= 0.6 is 11.3 Å². The van der Waals surface area contributed by atoms with Gasteiger partial charge in [0.05, 0.1) is 22.3 Å². The van der Waals surface area contributed by atoms with Gasteiger partial charge in [0, 0.05) is 23.1 Å². The van der Waals surface area contributed by atoms with E-state index >= 15 is 0 Å². The number of thiophene rings is 1. The number of fused-ring (bicyclic) bond motifs is 1. The minimum atomic E-state index is -1.37. The fourth-order valence-electron chi connectivity index (χ4n) is 2.19. The number of H-pyrrole nitrogens is 1. The third-order valence-electron chi connectivity index (χ3n) is 3.34. The second-order valence-corrected chi connectivity index (χ2v) is 7.16. The molecule has 8 heteroatoms. The number of ether oxygens (including phenoxy) is 1. The van der Waals surface area contributed by atoms with Crippen LogP contribution in [-0.2, 0) is 0 Å². The molecule has 0 saturated heterocycles. The van der Waals surface area contributed by atoms with Gasteiger partial charge in [0.15, 0.2) is 11.4 Å². The smallest absolute Gasteiger partial charge is 0.449 e. The van der Waals surface area contributed by atoms with E-state index in [1.807, 2.05) is 20.8 Å². The van der Waals surface area contributed by atoms with E-state index in [9.17, 15) is 9.59 Å². The summed E-state index contributed by atoms with van der Waals surface area (Å²) in [4.78, 5) is 35.6. The third-order valence-corrected chi connectivity index (χ3v) is 4.27. The average molecular weight is 345 g/mol. The molecular formula is C16H15N3O4S. The molecule has 0 bridgehead atoms. The van der Waals surface area contributed by atoms with Crippen LogP contribution in [0.4, 0.5) is 4.79 Å². The van der Waals surface area contributed by atoms with Crippen molar-refractivity contribution in [2.24, 2.45) is 5.41 Å². The van der Waals surface area contributed by atoms with Crippen LogP contribution in [0, 0.1) is 5.41 Å². The second kappa shape index (κ2) is 5.72. The summed E-state index contributed by atoms with van der Waals surface area (Å²) >= 11 is 1.29. The molecule has 3 aromatic rings. The van der Waals surface area contributed by atoms with E-state index in [1.54, 1.807) is 23.8 Å². The minimum absolute atomic E-state index is 0.0266. The molecule has 0 unspecified atom stereocenters. The van der Waals surface area contributed by atoms with E-state index in [0.717, 1.165) is 0 Å². The number of nitrogens with one attached hydrogen (secondary N) is 1. The van der Waals surface area contributed by atoms with Gasteiger partial charge in [-0.05, 0) is 0 Å². The van der Waals surface area contributed by atoms with Crippen LogP contribution in [0.5, 0.6) is 5.75 Å². The number of hydrogen-bond acceptors (Lipinski definition) is 6. The van der Waals surface area contributed by atoms with E-state index in [2.05, 4.69) is 19.7 Å². The third kappa shape index (κ3) is 3.00. The molecule has 0 radical (unpaired) electrons. The standard InChI is InChI=1S/C16H15N3O4S/c1-16(2,3)13(20)9-5-17-14-12(9)19-10(6-18-14)11-4-8(7-24-11)23-15(21)22/h4-7H,1-3H3,(H,17,18)(H,21,22). The summed E-state index contributed by atoms with van der Waals surface area (Å²) in [5.74, 6) is 0.200. The molecule has 0 atom stereocenters. The number of rotatable bonds is 3. The molecule has 0 aliphatic heterocycles. The molecule has 7 nitrogen and oxygen atoms in total. The van der Waals surface area contributed by atoms with Gasteiger partial charge in [-0.3, -0.25) is 4.79 Å². The van der Waals surface area contributed by atoms with Crippen molar-refractivity contribution in [2.45, 2.75) is 20.8 Å². The van der Waals surface area contributed by atoms with Gasteiger partial charge < -0.3 is 14.8 Å². The molecule has 0 spiro atoms. The maximum absolute atomic E-state index is 12.5. The molecular weight excluding hydrogens is 330 g/mol. The first-order valence-corrected chi connectivity index (χ1v) is 8.02. The zero-order valence-corrected chi connectivity index (χ0v) is 14.1. The monoisotopic (exact) mass is 345 g/mol.